The van der Waals surface area contributed by atoms with E-state index in [1.54, 1.807) is 32.0 Å². The van der Waals surface area contributed by atoms with Crippen LogP contribution in [-0.2, 0) is 9.53 Å². The second-order valence-electron chi connectivity index (χ2n) is 5.55. The summed E-state index contributed by atoms with van der Waals surface area (Å²) in [7, 11) is 0. The topological polar surface area (TPSA) is 110 Å². The van der Waals surface area contributed by atoms with Gasteiger partial charge >= 0.3 is 0 Å². The number of carbonyl (C=O) groups excluding carboxylic acids is 1. The molecule has 9 heteroatoms. The number of hydrogen-bond donors (Lipinski definition) is 3. The van der Waals surface area contributed by atoms with Crippen LogP contribution in [0, 0.1) is 0 Å². The molecule has 132 valence electrons. The fourth-order valence-corrected chi connectivity index (χ4v) is 2.51. The fraction of sp³-hybridized carbons (Fsp3) is 0.188. The van der Waals surface area contributed by atoms with E-state index in [1.165, 1.54) is 18.3 Å². The number of rotatable bonds is 4. The van der Waals surface area contributed by atoms with Gasteiger partial charge in [0.15, 0.2) is 5.60 Å². The highest BCUT2D eigenvalue weighted by atomic mass is 79.9. The summed E-state index contributed by atoms with van der Waals surface area (Å²) in [6, 6.07) is 7.66. The molecule has 0 saturated heterocycles. The average Bonchev–Trinajstić information content (AvgIpc) is 2.52. The third-order valence-electron chi connectivity index (χ3n) is 3.09. The van der Waals surface area contributed by atoms with E-state index >= 15 is 0 Å². The number of amides is 1. The van der Waals surface area contributed by atoms with Crippen molar-refractivity contribution in [2.24, 2.45) is 10.7 Å². The number of aromatic amines is 1. The summed E-state index contributed by atoms with van der Waals surface area (Å²) in [6.07, 6.45) is 1.38. The summed E-state index contributed by atoms with van der Waals surface area (Å²) in [5, 5.41) is 3.01. The first-order chi connectivity index (χ1) is 11.7. The molecule has 1 aromatic carbocycles. The number of anilines is 1. The number of hydrogen-bond acceptors (Lipinski definition) is 4. The van der Waals surface area contributed by atoms with Crippen molar-refractivity contribution in [1.82, 2.24) is 4.98 Å². The van der Waals surface area contributed by atoms with E-state index in [1.807, 2.05) is 0 Å². The van der Waals surface area contributed by atoms with E-state index in [2.05, 4.69) is 31.2 Å². The van der Waals surface area contributed by atoms with Gasteiger partial charge in [-0.3, -0.25) is 9.59 Å². The lowest BCUT2D eigenvalue weighted by Gasteiger charge is -2.24. The average molecular weight is 428 g/mol. The number of nitrogens with two attached hydrogens (primary N) is 1. The first-order valence-corrected chi connectivity index (χ1v) is 8.33. The van der Waals surface area contributed by atoms with Gasteiger partial charge in [-0.25, -0.2) is 0 Å². The number of halogens is 2. The van der Waals surface area contributed by atoms with Gasteiger partial charge in [0.25, 0.3) is 11.9 Å². The Bertz CT molecular complexity index is 859. The smallest absolute Gasteiger partial charge is 0.288 e. The van der Waals surface area contributed by atoms with Crippen molar-refractivity contribution in [3.8, 4) is 0 Å². The minimum Gasteiger partial charge on any atom is -0.449 e. The number of aromatic nitrogens is 1. The van der Waals surface area contributed by atoms with Gasteiger partial charge in [0.05, 0.1) is 16.4 Å². The van der Waals surface area contributed by atoms with Crippen LogP contribution in [0.25, 0.3) is 0 Å². The van der Waals surface area contributed by atoms with Crippen LogP contribution < -0.4 is 16.6 Å². The van der Waals surface area contributed by atoms with Crippen LogP contribution in [0.3, 0.4) is 0 Å². The summed E-state index contributed by atoms with van der Waals surface area (Å²) in [5.41, 5.74) is 5.05. The van der Waals surface area contributed by atoms with E-state index in [4.69, 9.17) is 22.1 Å². The number of ether oxygens (including phenoxy) is 1. The van der Waals surface area contributed by atoms with Gasteiger partial charge < -0.3 is 20.8 Å². The van der Waals surface area contributed by atoms with Crippen molar-refractivity contribution in [2.75, 3.05) is 5.32 Å². The molecule has 0 aliphatic rings. The molecule has 1 heterocycles. The quantitative estimate of drug-likeness (QED) is 0.514. The van der Waals surface area contributed by atoms with Gasteiger partial charge in [0.1, 0.15) is 0 Å². The lowest BCUT2D eigenvalue weighted by Crippen LogP contribution is -2.43. The fourth-order valence-electron chi connectivity index (χ4n) is 1.79. The number of benzene rings is 1. The number of nitrogens with zero attached hydrogens (tertiary/aromatic N) is 1. The summed E-state index contributed by atoms with van der Waals surface area (Å²) in [5.74, 6) is -0.459. The van der Waals surface area contributed by atoms with Crippen molar-refractivity contribution in [1.29, 1.82) is 0 Å². The molecule has 0 unspecified atom stereocenters. The Kier molecular flexibility index (Phi) is 5.86. The van der Waals surface area contributed by atoms with Crippen LogP contribution in [-0.4, -0.2) is 22.5 Å². The summed E-state index contributed by atoms with van der Waals surface area (Å²) < 4.78 is 6.26. The normalized spacial score (nSPS) is 11.9. The van der Waals surface area contributed by atoms with Gasteiger partial charge in [0.2, 0.25) is 5.56 Å². The molecular formula is C16H16BrClN4O3. The number of pyridine rings is 1. The van der Waals surface area contributed by atoms with Crippen LogP contribution in [0.2, 0.25) is 5.02 Å². The maximum Gasteiger partial charge on any atom is 0.288 e. The maximum atomic E-state index is 12.3. The molecule has 4 N–H and O–H groups in total. The molecular weight excluding hydrogens is 412 g/mol. The van der Waals surface area contributed by atoms with Gasteiger partial charge in [-0.1, -0.05) is 27.5 Å². The van der Waals surface area contributed by atoms with E-state index in [-0.39, 0.29) is 11.6 Å². The Hall–Kier alpha value is -2.32. The summed E-state index contributed by atoms with van der Waals surface area (Å²) in [6.45, 7) is 3.08. The highest BCUT2D eigenvalue weighted by molar-refractivity contribution is 9.10. The third kappa shape index (κ3) is 5.33. The molecule has 2 aromatic rings. The van der Waals surface area contributed by atoms with Crippen molar-refractivity contribution in [3.05, 3.63) is 56.4 Å². The number of H-pyrrole nitrogens is 1. The van der Waals surface area contributed by atoms with Gasteiger partial charge in [0, 0.05) is 16.7 Å². The molecule has 7 nitrogen and oxygen atoms in total. The molecule has 0 saturated carbocycles. The lowest BCUT2D eigenvalue weighted by atomic mass is 10.1. The Morgan fingerprint density at radius 2 is 2.08 bits per heavy atom. The Morgan fingerprint density at radius 1 is 1.36 bits per heavy atom. The SMILES string of the molecule is CC(C)(OC(N)=Nc1ccc(Br)cc1Cl)C(=O)Nc1ccc(=O)[nH]c1. The molecule has 25 heavy (non-hydrogen) atoms. The van der Waals surface area contributed by atoms with Crippen molar-refractivity contribution in [2.45, 2.75) is 19.4 Å². The largest absolute Gasteiger partial charge is 0.449 e. The zero-order chi connectivity index (χ0) is 18.6. The molecule has 0 bridgehead atoms. The van der Waals surface area contributed by atoms with Crippen LogP contribution >= 0.6 is 27.5 Å². The second-order valence-corrected chi connectivity index (χ2v) is 6.88. The van der Waals surface area contributed by atoms with Crippen LogP contribution in [0.15, 0.2) is 50.8 Å². The summed E-state index contributed by atoms with van der Waals surface area (Å²) in [4.78, 5) is 29.9. The van der Waals surface area contributed by atoms with E-state index in [0.29, 0.717) is 16.4 Å². The van der Waals surface area contributed by atoms with Crippen LogP contribution in [0.1, 0.15) is 13.8 Å². The first kappa shape index (κ1) is 19.0. The van der Waals surface area contributed by atoms with Gasteiger partial charge in [-0.05, 0) is 38.1 Å². The third-order valence-corrected chi connectivity index (χ3v) is 3.88. The Balaban J connectivity index is 2.10. The predicted octanol–water partition coefficient (Wildman–Crippen LogP) is 3.17. The second kappa shape index (κ2) is 7.71. The molecule has 0 fully saturated rings. The summed E-state index contributed by atoms with van der Waals surface area (Å²) >= 11 is 9.37. The standard InChI is InChI=1S/C16H16BrClN4O3/c1-16(2,14(24)21-10-4-6-13(23)20-8-10)25-15(19)22-12-5-3-9(17)7-11(12)18/h3-8H,1-2H3,(H2,19,22)(H,20,23)(H,21,24). The van der Waals surface area contributed by atoms with Crippen LogP contribution in [0.4, 0.5) is 11.4 Å². The highest BCUT2D eigenvalue weighted by Gasteiger charge is 2.31. The number of nitrogens with one attached hydrogen (secondary N) is 2. The molecule has 1 aromatic heterocycles. The number of aliphatic imine (C=N–C) groups is 1. The highest BCUT2D eigenvalue weighted by Crippen LogP contribution is 2.28. The maximum absolute atomic E-state index is 12.3. The number of amidine groups is 1. The molecule has 0 radical (unpaired) electrons. The molecule has 1 amide bonds. The molecule has 0 aliphatic carbocycles. The predicted molar refractivity (Wildman–Crippen MR) is 101 cm³/mol. The minimum atomic E-state index is -1.30. The Labute approximate surface area is 157 Å². The molecule has 0 aliphatic heterocycles. The van der Waals surface area contributed by atoms with E-state index < -0.39 is 11.5 Å². The van der Waals surface area contributed by atoms with E-state index in [9.17, 15) is 9.59 Å². The van der Waals surface area contributed by atoms with Gasteiger partial charge in [-0.15, -0.1) is 0 Å². The van der Waals surface area contributed by atoms with Crippen molar-refractivity contribution in [3.63, 3.8) is 0 Å². The lowest BCUT2D eigenvalue weighted by molar-refractivity contribution is -0.129. The van der Waals surface area contributed by atoms with Crippen molar-refractivity contribution < 1.29 is 9.53 Å². The molecule has 0 spiro atoms. The molecule has 0 atom stereocenters. The Morgan fingerprint density at radius 3 is 2.68 bits per heavy atom. The zero-order valence-corrected chi connectivity index (χ0v) is 15.8. The van der Waals surface area contributed by atoms with Crippen LogP contribution in [0.5, 0.6) is 0 Å². The zero-order valence-electron chi connectivity index (χ0n) is 13.5. The monoisotopic (exact) mass is 426 g/mol. The minimum absolute atomic E-state index is 0.203. The van der Waals surface area contributed by atoms with Crippen molar-refractivity contribution >= 4 is 50.8 Å². The number of carbonyl (C=O) groups is 1. The van der Waals surface area contributed by atoms with E-state index in [0.717, 1.165) is 4.47 Å². The van der Waals surface area contributed by atoms with Gasteiger partial charge in [-0.2, -0.15) is 4.99 Å². The molecule has 2 rings (SSSR count). The first-order valence-electron chi connectivity index (χ1n) is 7.16.